The fourth-order valence-electron chi connectivity index (χ4n) is 0.796. The van der Waals surface area contributed by atoms with Gasteiger partial charge in [0.1, 0.15) is 0 Å². The van der Waals surface area contributed by atoms with Gasteiger partial charge in [0.15, 0.2) is 4.90 Å². The minimum atomic E-state index is 0.507. The molecule has 1 aromatic carbocycles. The molecule has 0 bridgehead atoms. The molecule has 0 atom stereocenters. The van der Waals surface area contributed by atoms with Crippen LogP contribution in [0.2, 0.25) is 0 Å². The van der Waals surface area contributed by atoms with Gasteiger partial charge < -0.3 is 0 Å². The van der Waals surface area contributed by atoms with Crippen LogP contribution in [0.3, 0.4) is 0 Å². The Bertz CT molecular complexity index is 288. The molecule has 0 aliphatic rings. The summed E-state index contributed by atoms with van der Waals surface area (Å²) in [7, 11) is 0. The van der Waals surface area contributed by atoms with Crippen LogP contribution in [0.1, 0.15) is 5.56 Å². The van der Waals surface area contributed by atoms with Gasteiger partial charge >= 0.3 is 0 Å². The van der Waals surface area contributed by atoms with Crippen molar-refractivity contribution in [2.75, 3.05) is 5.88 Å². The number of hydrogen-bond donors (Lipinski definition) is 0. The Balaban J connectivity index is 2.53. The number of isocyanates is 1. The summed E-state index contributed by atoms with van der Waals surface area (Å²) >= 11 is 1.05. The Morgan fingerprint density at radius 2 is 2.08 bits per heavy atom. The third-order valence-electron chi connectivity index (χ3n) is 1.42. The van der Waals surface area contributed by atoms with Crippen molar-refractivity contribution in [3.8, 4) is 0 Å². The number of aliphatic imine (C=N–C) groups is 1. The molecule has 1 rings (SSSR count). The van der Waals surface area contributed by atoms with Gasteiger partial charge in [0.2, 0.25) is 12.0 Å². The molecule has 2 nitrogen and oxygen atoms in total. The number of carbonyl (C=O) groups excluding carboxylic acids is 1. The molecule has 0 spiro atoms. The van der Waals surface area contributed by atoms with Crippen molar-refractivity contribution >= 4 is 17.8 Å². The summed E-state index contributed by atoms with van der Waals surface area (Å²) in [5.41, 5.74) is 1.24. The van der Waals surface area contributed by atoms with Gasteiger partial charge in [-0.2, -0.15) is 4.99 Å². The molecule has 0 fully saturated rings. The van der Waals surface area contributed by atoms with Gasteiger partial charge in [-0.25, -0.2) is 4.79 Å². The zero-order valence-corrected chi connectivity index (χ0v) is 7.71. The van der Waals surface area contributed by atoms with Crippen molar-refractivity contribution < 1.29 is 4.79 Å². The van der Waals surface area contributed by atoms with Crippen molar-refractivity contribution in [1.82, 2.24) is 0 Å². The second-order valence-corrected chi connectivity index (χ2v) is 3.50. The molecule has 0 aliphatic carbocycles. The number of aryl methyl sites for hydroxylation is 1. The summed E-state index contributed by atoms with van der Waals surface area (Å²) in [6, 6.07) is 8.17. The SMILES string of the molecule is Cc1ccc([SH+]CN=C=O)cc1. The van der Waals surface area contributed by atoms with Crippen LogP contribution in [0.15, 0.2) is 34.2 Å². The highest BCUT2D eigenvalue weighted by Crippen LogP contribution is 2.05. The fraction of sp³-hybridized carbons (Fsp3) is 0.222. The molecule has 0 heterocycles. The lowest BCUT2D eigenvalue weighted by Gasteiger charge is -1.90. The molecule has 0 N–H and O–H groups in total. The standard InChI is InChI=1S/C9H9NOS/c1-8-2-4-9(5-3-8)12-7-10-6-11/h2-5H,7H2,1H3/p+1. The Morgan fingerprint density at radius 1 is 1.42 bits per heavy atom. The summed E-state index contributed by atoms with van der Waals surface area (Å²) in [6.45, 7) is 2.05. The maximum absolute atomic E-state index is 9.75. The van der Waals surface area contributed by atoms with E-state index in [1.807, 2.05) is 31.2 Å². The zero-order chi connectivity index (χ0) is 8.81. The van der Waals surface area contributed by atoms with Crippen LogP contribution < -0.4 is 0 Å². The van der Waals surface area contributed by atoms with E-state index in [0.29, 0.717) is 5.88 Å². The topological polar surface area (TPSA) is 29.4 Å². The molecule has 62 valence electrons. The van der Waals surface area contributed by atoms with Crippen LogP contribution in [0.25, 0.3) is 0 Å². The summed E-state index contributed by atoms with van der Waals surface area (Å²) < 4.78 is 0. The molecule has 12 heavy (non-hydrogen) atoms. The Labute approximate surface area is 75.7 Å². The van der Waals surface area contributed by atoms with E-state index in [4.69, 9.17) is 0 Å². The smallest absolute Gasteiger partial charge is 0.211 e. The summed E-state index contributed by atoms with van der Waals surface area (Å²) in [5.74, 6) is 0.507. The van der Waals surface area contributed by atoms with Gasteiger partial charge in [-0.1, -0.05) is 17.7 Å². The van der Waals surface area contributed by atoms with Crippen LogP contribution in [0, 0.1) is 6.92 Å². The number of rotatable bonds is 3. The molecule has 0 amide bonds. The molecular weight excluding hydrogens is 170 g/mol. The Hall–Kier alpha value is -1.05. The predicted octanol–water partition coefficient (Wildman–Crippen LogP) is 1.46. The van der Waals surface area contributed by atoms with Crippen molar-refractivity contribution in [3.63, 3.8) is 0 Å². The first kappa shape index (κ1) is 9.04. The van der Waals surface area contributed by atoms with E-state index >= 15 is 0 Å². The summed E-state index contributed by atoms with van der Waals surface area (Å²) in [6.07, 6.45) is 1.52. The summed E-state index contributed by atoms with van der Waals surface area (Å²) in [5, 5.41) is 0. The van der Waals surface area contributed by atoms with E-state index in [0.717, 1.165) is 11.8 Å². The summed E-state index contributed by atoms with van der Waals surface area (Å²) in [4.78, 5) is 14.4. The molecule has 0 aliphatic heterocycles. The average molecular weight is 180 g/mol. The van der Waals surface area contributed by atoms with Crippen molar-refractivity contribution in [1.29, 1.82) is 0 Å². The Morgan fingerprint density at radius 3 is 2.67 bits per heavy atom. The predicted molar refractivity (Wildman–Crippen MR) is 51.2 cm³/mol. The highest BCUT2D eigenvalue weighted by molar-refractivity contribution is 7.78. The number of thiol groups is 1. The lowest BCUT2D eigenvalue weighted by molar-refractivity contribution is 0.564. The third kappa shape index (κ3) is 2.91. The molecule has 0 saturated heterocycles. The first-order chi connectivity index (χ1) is 5.83. The van der Waals surface area contributed by atoms with E-state index < -0.39 is 0 Å². The van der Waals surface area contributed by atoms with Gasteiger partial charge in [0.25, 0.3) is 0 Å². The number of nitrogens with zero attached hydrogens (tertiary/aromatic N) is 1. The molecule has 0 aromatic heterocycles. The van der Waals surface area contributed by atoms with E-state index in [1.165, 1.54) is 16.5 Å². The van der Waals surface area contributed by atoms with Crippen LogP contribution in [0.5, 0.6) is 0 Å². The normalized spacial score (nSPS) is 9.08. The number of benzene rings is 1. The van der Waals surface area contributed by atoms with Crippen LogP contribution in [0.4, 0.5) is 0 Å². The maximum Gasteiger partial charge on any atom is 0.239 e. The second-order valence-electron chi connectivity index (χ2n) is 2.38. The quantitative estimate of drug-likeness (QED) is 0.300. The van der Waals surface area contributed by atoms with Gasteiger partial charge in [0.05, 0.1) is 0 Å². The fourth-order valence-corrected chi connectivity index (χ4v) is 1.45. The van der Waals surface area contributed by atoms with Crippen LogP contribution in [-0.4, -0.2) is 12.0 Å². The van der Waals surface area contributed by atoms with Crippen molar-refractivity contribution in [2.45, 2.75) is 11.8 Å². The van der Waals surface area contributed by atoms with E-state index in [9.17, 15) is 4.79 Å². The van der Waals surface area contributed by atoms with E-state index in [2.05, 4.69) is 4.99 Å². The molecular formula is C9H10NOS+. The minimum absolute atomic E-state index is 0.507. The van der Waals surface area contributed by atoms with Gasteiger partial charge in [-0.15, -0.1) is 0 Å². The van der Waals surface area contributed by atoms with Crippen molar-refractivity contribution in [2.24, 2.45) is 4.99 Å². The Kier molecular flexibility index (Phi) is 3.58. The van der Waals surface area contributed by atoms with Crippen molar-refractivity contribution in [3.05, 3.63) is 29.8 Å². The minimum Gasteiger partial charge on any atom is -0.211 e. The average Bonchev–Trinajstić information content (AvgIpc) is 2.09. The largest absolute Gasteiger partial charge is 0.239 e. The molecule has 0 saturated carbocycles. The molecule has 1 aromatic rings. The maximum atomic E-state index is 9.75. The van der Waals surface area contributed by atoms with E-state index in [1.54, 1.807) is 0 Å². The molecule has 3 heteroatoms. The lowest BCUT2D eigenvalue weighted by atomic mass is 10.2. The highest BCUT2D eigenvalue weighted by atomic mass is 32.2. The van der Waals surface area contributed by atoms with E-state index in [-0.39, 0.29) is 0 Å². The first-order valence-corrected chi connectivity index (χ1v) is 4.68. The number of hydrogen-bond acceptors (Lipinski definition) is 2. The van der Waals surface area contributed by atoms with Gasteiger partial charge in [0, 0.05) is 11.8 Å². The molecule has 0 radical (unpaired) electrons. The third-order valence-corrected chi connectivity index (χ3v) is 2.37. The monoisotopic (exact) mass is 180 g/mol. The van der Waals surface area contributed by atoms with Gasteiger partial charge in [-0.3, -0.25) is 0 Å². The zero-order valence-electron chi connectivity index (χ0n) is 6.82. The molecule has 0 unspecified atom stereocenters. The van der Waals surface area contributed by atoms with Gasteiger partial charge in [-0.05, 0) is 19.1 Å². The van der Waals surface area contributed by atoms with Crippen LogP contribution in [-0.2, 0) is 16.6 Å². The lowest BCUT2D eigenvalue weighted by Crippen LogP contribution is -1.86. The van der Waals surface area contributed by atoms with Crippen LogP contribution >= 0.6 is 0 Å². The highest BCUT2D eigenvalue weighted by Gasteiger charge is 1.99. The first-order valence-electron chi connectivity index (χ1n) is 3.61. The second kappa shape index (κ2) is 4.75.